The molecule has 0 radical (unpaired) electrons. The van der Waals surface area contributed by atoms with E-state index in [4.69, 9.17) is 9.47 Å². The van der Waals surface area contributed by atoms with Crippen molar-refractivity contribution >= 4 is 29.5 Å². The number of benzene rings is 1. The average Bonchev–Trinajstić information content (AvgIpc) is 3.20. The Morgan fingerprint density at radius 2 is 1.61 bits per heavy atom. The second-order valence-electron chi connectivity index (χ2n) is 11.7. The maximum absolute atomic E-state index is 13.2. The van der Waals surface area contributed by atoms with E-state index >= 15 is 0 Å². The summed E-state index contributed by atoms with van der Waals surface area (Å²) < 4.78 is 11.9. The summed E-state index contributed by atoms with van der Waals surface area (Å²) in [5.41, 5.74) is 2.14. The van der Waals surface area contributed by atoms with Crippen LogP contribution in [-0.4, -0.2) is 83.6 Å². The molecule has 38 heavy (non-hydrogen) atoms. The number of ether oxygens (including phenoxy) is 2. The zero-order chi connectivity index (χ0) is 27.0. The predicted octanol–water partition coefficient (Wildman–Crippen LogP) is 2.83. The van der Waals surface area contributed by atoms with Gasteiger partial charge in [0.25, 0.3) is 5.91 Å². The topological polar surface area (TPSA) is 108 Å². The number of hydrogen-bond donors (Lipinski definition) is 1. The van der Waals surface area contributed by atoms with E-state index in [1.54, 1.807) is 9.80 Å². The molecule has 4 aliphatic heterocycles. The van der Waals surface area contributed by atoms with Crippen LogP contribution in [0.1, 0.15) is 75.2 Å². The molecule has 3 saturated heterocycles. The Bertz CT molecular complexity index is 1100. The third-order valence-electron chi connectivity index (χ3n) is 7.82. The molecule has 0 spiro atoms. The highest BCUT2D eigenvalue weighted by Gasteiger charge is 2.40. The molecule has 3 fully saturated rings. The molecule has 4 heterocycles. The molecule has 4 amide bonds. The lowest BCUT2D eigenvalue weighted by molar-refractivity contribution is -0.136. The van der Waals surface area contributed by atoms with E-state index in [2.05, 4.69) is 10.2 Å². The van der Waals surface area contributed by atoms with Crippen LogP contribution in [0.3, 0.4) is 0 Å². The fourth-order valence-corrected chi connectivity index (χ4v) is 5.87. The number of anilines is 1. The van der Waals surface area contributed by atoms with Gasteiger partial charge in [0.2, 0.25) is 11.8 Å². The van der Waals surface area contributed by atoms with Crippen LogP contribution < -0.4 is 10.2 Å². The van der Waals surface area contributed by atoms with Gasteiger partial charge in [-0.15, -0.1) is 0 Å². The number of piperidine rings is 3. The van der Waals surface area contributed by atoms with Gasteiger partial charge in [0.15, 0.2) is 0 Å². The van der Waals surface area contributed by atoms with Gasteiger partial charge in [-0.1, -0.05) is 6.07 Å². The molecule has 1 N–H and O–H groups in total. The van der Waals surface area contributed by atoms with Gasteiger partial charge in [0, 0.05) is 56.0 Å². The lowest BCUT2D eigenvalue weighted by atomic mass is 10.0. The van der Waals surface area contributed by atoms with Crippen LogP contribution >= 0.6 is 0 Å². The summed E-state index contributed by atoms with van der Waals surface area (Å²) in [4.78, 5) is 55.1. The van der Waals surface area contributed by atoms with Crippen LogP contribution in [0.25, 0.3) is 0 Å². The summed E-state index contributed by atoms with van der Waals surface area (Å²) in [6.07, 6.45) is 4.06. The maximum Gasteiger partial charge on any atom is 0.410 e. The molecule has 10 heteroatoms. The van der Waals surface area contributed by atoms with Crippen LogP contribution in [0.2, 0.25) is 0 Å². The van der Waals surface area contributed by atoms with Crippen LogP contribution in [0, 0.1) is 0 Å². The molecule has 0 bridgehead atoms. The number of hydrogen-bond acceptors (Lipinski definition) is 7. The van der Waals surface area contributed by atoms with Crippen molar-refractivity contribution in [2.75, 3.05) is 31.1 Å². The summed E-state index contributed by atoms with van der Waals surface area (Å²) in [6, 6.07) is 5.17. The van der Waals surface area contributed by atoms with Crippen molar-refractivity contribution in [2.24, 2.45) is 0 Å². The van der Waals surface area contributed by atoms with E-state index in [1.165, 1.54) is 0 Å². The normalized spacial score (nSPS) is 23.5. The van der Waals surface area contributed by atoms with Gasteiger partial charge in [-0.25, -0.2) is 4.79 Å². The average molecular weight is 527 g/mol. The maximum atomic E-state index is 13.2. The highest BCUT2D eigenvalue weighted by molar-refractivity contribution is 6.06. The van der Waals surface area contributed by atoms with E-state index in [0.717, 1.165) is 50.0 Å². The molecule has 10 nitrogen and oxygen atoms in total. The number of carbonyl (C=O) groups is 4. The summed E-state index contributed by atoms with van der Waals surface area (Å²) in [7, 11) is 0. The van der Waals surface area contributed by atoms with Crippen molar-refractivity contribution in [1.82, 2.24) is 15.1 Å². The Hall–Kier alpha value is -3.14. The minimum Gasteiger partial charge on any atom is -0.444 e. The third kappa shape index (κ3) is 5.65. The SMILES string of the molecule is CC(C)(C)OC(=O)N1CCC(OC2CCN(c3cccc4c3CN(C3CCC(=O)NC3=O)C4=O)CC2)CC1. The first kappa shape index (κ1) is 26.5. The molecular formula is C28H38N4O6. The van der Waals surface area contributed by atoms with E-state index in [0.29, 0.717) is 31.6 Å². The molecule has 206 valence electrons. The van der Waals surface area contributed by atoms with E-state index in [-0.39, 0.29) is 42.4 Å². The minimum absolute atomic E-state index is 0.144. The summed E-state index contributed by atoms with van der Waals surface area (Å²) >= 11 is 0. The van der Waals surface area contributed by atoms with Gasteiger partial charge in [0.1, 0.15) is 11.6 Å². The summed E-state index contributed by atoms with van der Waals surface area (Å²) in [5.74, 6) is -0.819. The highest BCUT2D eigenvalue weighted by atomic mass is 16.6. The number of likely N-dealkylation sites (tertiary alicyclic amines) is 1. The highest BCUT2D eigenvalue weighted by Crippen LogP contribution is 2.35. The van der Waals surface area contributed by atoms with Crippen LogP contribution in [-0.2, 0) is 25.6 Å². The van der Waals surface area contributed by atoms with Crippen molar-refractivity contribution in [2.45, 2.75) is 89.7 Å². The van der Waals surface area contributed by atoms with Gasteiger partial charge >= 0.3 is 6.09 Å². The van der Waals surface area contributed by atoms with Crippen LogP contribution in [0.4, 0.5) is 10.5 Å². The predicted molar refractivity (Wildman–Crippen MR) is 140 cm³/mol. The summed E-state index contributed by atoms with van der Waals surface area (Å²) in [6.45, 7) is 8.95. The Kier molecular flexibility index (Phi) is 7.35. The largest absolute Gasteiger partial charge is 0.444 e. The van der Waals surface area contributed by atoms with Crippen molar-refractivity contribution in [3.8, 4) is 0 Å². The molecule has 1 aromatic rings. The second kappa shape index (κ2) is 10.6. The van der Waals surface area contributed by atoms with Crippen LogP contribution in [0.15, 0.2) is 18.2 Å². The Morgan fingerprint density at radius 3 is 2.24 bits per heavy atom. The minimum atomic E-state index is -0.610. The monoisotopic (exact) mass is 526 g/mol. The van der Waals surface area contributed by atoms with Gasteiger partial charge in [-0.3, -0.25) is 19.7 Å². The lowest BCUT2D eigenvalue weighted by Gasteiger charge is -2.38. The number of nitrogens with one attached hydrogen (secondary N) is 1. The lowest BCUT2D eigenvalue weighted by Crippen LogP contribution is -2.52. The number of fused-ring (bicyclic) bond motifs is 1. The number of nitrogens with zero attached hydrogens (tertiary/aromatic N) is 3. The second-order valence-corrected chi connectivity index (χ2v) is 11.7. The number of imide groups is 1. The first-order valence-electron chi connectivity index (χ1n) is 13.7. The zero-order valence-corrected chi connectivity index (χ0v) is 22.5. The first-order valence-corrected chi connectivity index (χ1v) is 13.7. The molecule has 4 aliphatic rings. The number of rotatable bonds is 4. The van der Waals surface area contributed by atoms with E-state index in [1.807, 2.05) is 39.0 Å². The summed E-state index contributed by atoms with van der Waals surface area (Å²) in [5, 5.41) is 2.36. The quantitative estimate of drug-likeness (QED) is 0.601. The van der Waals surface area contributed by atoms with Crippen molar-refractivity contribution in [3.63, 3.8) is 0 Å². The molecule has 5 rings (SSSR count). The van der Waals surface area contributed by atoms with Gasteiger partial charge in [-0.05, 0) is 65.0 Å². The van der Waals surface area contributed by atoms with Crippen molar-refractivity contribution in [3.05, 3.63) is 29.3 Å². The molecule has 0 aliphatic carbocycles. The standard InChI is InChI=1S/C28H38N4O6/c1-28(2,3)38-27(36)31-15-11-19(12-16-31)37-18-9-13-30(14-10-18)22-6-4-5-20-21(22)17-32(26(20)35)23-7-8-24(33)29-25(23)34/h4-6,18-19,23H,7-17H2,1-3H3,(H,29,33,34). The van der Waals surface area contributed by atoms with Gasteiger partial charge < -0.3 is 24.2 Å². The number of carbonyl (C=O) groups excluding carboxylic acids is 4. The fraction of sp³-hybridized carbons (Fsp3) is 0.643. The Labute approximate surface area is 223 Å². The molecular weight excluding hydrogens is 488 g/mol. The molecule has 1 aromatic carbocycles. The smallest absolute Gasteiger partial charge is 0.410 e. The first-order chi connectivity index (χ1) is 18.1. The van der Waals surface area contributed by atoms with Crippen molar-refractivity contribution < 1.29 is 28.7 Å². The van der Waals surface area contributed by atoms with Crippen LogP contribution in [0.5, 0.6) is 0 Å². The van der Waals surface area contributed by atoms with E-state index < -0.39 is 11.6 Å². The molecule has 0 saturated carbocycles. The third-order valence-corrected chi connectivity index (χ3v) is 7.82. The molecule has 1 unspecified atom stereocenters. The zero-order valence-electron chi connectivity index (χ0n) is 22.5. The van der Waals surface area contributed by atoms with Gasteiger partial charge in [-0.2, -0.15) is 0 Å². The molecule has 1 atom stereocenters. The Morgan fingerprint density at radius 1 is 0.947 bits per heavy atom. The van der Waals surface area contributed by atoms with E-state index in [9.17, 15) is 19.2 Å². The molecule has 0 aromatic heterocycles. The van der Waals surface area contributed by atoms with Crippen molar-refractivity contribution in [1.29, 1.82) is 0 Å². The Balaban J connectivity index is 1.14. The van der Waals surface area contributed by atoms with Gasteiger partial charge in [0.05, 0.1) is 12.2 Å². The fourth-order valence-electron chi connectivity index (χ4n) is 5.87. The number of amides is 4.